The number of aliphatic hydroxyl groups is 1. The maximum atomic E-state index is 12.3. The second-order valence-corrected chi connectivity index (χ2v) is 4.53. The maximum absolute atomic E-state index is 12.3. The topological polar surface area (TPSA) is 40.5 Å². The highest BCUT2D eigenvalue weighted by Gasteiger charge is 2.33. The fourth-order valence-electron chi connectivity index (χ4n) is 1.42. The molecule has 1 rings (SSSR count). The Bertz CT molecular complexity index is 466. The highest BCUT2D eigenvalue weighted by Crippen LogP contribution is 2.24. The second-order valence-electron chi connectivity index (χ2n) is 3.69. The van der Waals surface area contributed by atoms with E-state index in [-0.39, 0.29) is 15.6 Å². The zero-order chi connectivity index (χ0) is 14.6. The average molecular weight is 316 g/mol. The number of hydrogen-bond donors (Lipinski definition) is 1. The molecule has 1 N–H and O–H groups in total. The van der Waals surface area contributed by atoms with Crippen molar-refractivity contribution in [1.29, 1.82) is 0 Å². The van der Waals surface area contributed by atoms with E-state index in [2.05, 4.69) is 0 Å². The van der Waals surface area contributed by atoms with Crippen molar-refractivity contribution in [2.75, 3.05) is 19.7 Å². The Hall–Kier alpha value is -0.980. The summed E-state index contributed by atoms with van der Waals surface area (Å²) in [5.74, 6) is -0.909. The van der Waals surface area contributed by atoms with Crippen LogP contribution in [0.15, 0.2) is 18.2 Å². The van der Waals surface area contributed by atoms with E-state index >= 15 is 0 Å². The summed E-state index contributed by atoms with van der Waals surface area (Å²) in [7, 11) is 0. The van der Waals surface area contributed by atoms with Gasteiger partial charge < -0.3 is 10.0 Å². The zero-order valence-electron chi connectivity index (χ0n) is 9.55. The third-order valence-electron chi connectivity index (χ3n) is 2.19. The summed E-state index contributed by atoms with van der Waals surface area (Å²) in [4.78, 5) is 12.4. The van der Waals surface area contributed by atoms with Crippen LogP contribution in [0.2, 0.25) is 10.0 Å². The molecule has 0 radical (unpaired) electrons. The normalized spacial score (nSPS) is 11.5. The summed E-state index contributed by atoms with van der Waals surface area (Å²) in [6, 6.07) is 3.86. The molecule has 1 aromatic carbocycles. The van der Waals surface area contributed by atoms with E-state index in [1.54, 1.807) is 0 Å². The highest BCUT2D eigenvalue weighted by atomic mass is 35.5. The fraction of sp³-hybridized carbons (Fsp3) is 0.364. The summed E-state index contributed by atoms with van der Waals surface area (Å²) in [5, 5.41) is 8.96. The molecule has 0 fully saturated rings. The van der Waals surface area contributed by atoms with Crippen molar-refractivity contribution in [2.24, 2.45) is 0 Å². The lowest BCUT2D eigenvalue weighted by atomic mass is 10.2. The number of hydrogen-bond acceptors (Lipinski definition) is 2. The molecule has 0 aliphatic rings. The van der Waals surface area contributed by atoms with Crippen LogP contribution in [-0.4, -0.2) is 41.8 Å². The zero-order valence-corrected chi connectivity index (χ0v) is 11.1. The molecule has 0 saturated carbocycles. The standard InChI is InChI=1S/C11H10Cl2F3NO2/c12-7-1-2-8(9(13)5-7)10(19)17(3-4-18)6-11(14,15)16/h1-2,5,18H,3-4,6H2. The lowest BCUT2D eigenvalue weighted by Crippen LogP contribution is -2.40. The number of aliphatic hydroxyl groups excluding tert-OH is 1. The van der Waals surface area contributed by atoms with Crippen LogP contribution < -0.4 is 0 Å². The van der Waals surface area contributed by atoms with Crippen molar-refractivity contribution in [3.05, 3.63) is 33.8 Å². The number of halogens is 5. The monoisotopic (exact) mass is 315 g/mol. The third kappa shape index (κ3) is 4.89. The molecule has 0 bridgehead atoms. The van der Waals surface area contributed by atoms with Gasteiger partial charge in [-0.3, -0.25) is 4.79 Å². The van der Waals surface area contributed by atoms with Crippen LogP contribution in [0, 0.1) is 0 Å². The Balaban J connectivity index is 2.99. The quantitative estimate of drug-likeness (QED) is 0.928. The summed E-state index contributed by atoms with van der Waals surface area (Å²) < 4.78 is 37.0. The van der Waals surface area contributed by atoms with E-state index < -0.39 is 31.8 Å². The molecule has 8 heteroatoms. The van der Waals surface area contributed by atoms with E-state index in [1.807, 2.05) is 0 Å². The van der Waals surface area contributed by atoms with Gasteiger partial charge in [-0.05, 0) is 18.2 Å². The number of nitrogens with zero attached hydrogens (tertiary/aromatic N) is 1. The molecule has 106 valence electrons. The summed E-state index contributed by atoms with van der Waals surface area (Å²) in [5.41, 5.74) is -0.0937. The van der Waals surface area contributed by atoms with Gasteiger partial charge in [0.15, 0.2) is 0 Å². The van der Waals surface area contributed by atoms with Crippen LogP contribution in [0.3, 0.4) is 0 Å². The van der Waals surface area contributed by atoms with Crippen molar-refractivity contribution >= 4 is 29.1 Å². The Morgan fingerprint density at radius 2 is 1.95 bits per heavy atom. The van der Waals surface area contributed by atoms with Crippen LogP contribution in [0.1, 0.15) is 10.4 Å². The first kappa shape index (κ1) is 16.1. The van der Waals surface area contributed by atoms with E-state index in [4.69, 9.17) is 28.3 Å². The SMILES string of the molecule is O=C(c1ccc(Cl)cc1Cl)N(CCO)CC(F)(F)F. The van der Waals surface area contributed by atoms with E-state index in [0.29, 0.717) is 4.90 Å². The first-order valence-electron chi connectivity index (χ1n) is 5.16. The molecule has 0 saturated heterocycles. The van der Waals surface area contributed by atoms with Crippen molar-refractivity contribution in [3.8, 4) is 0 Å². The minimum atomic E-state index is -4.55. The summed E-state index contributed by atoms with van der Waals surface area (Å²) >= 11 is 11.4. The van der Waals surface area contributed by atoms with Gasteiger partial charge in [0.05, 0.1) is 17.2 Å². The van der Waals surface area contributed by atoms with Gasteiger partial charge in [-0.1, -0.05) is 23.2 Å². The van der Waals surface area contributed by atoms with E-state index in [1.165, 1.54) is 18.2 Å². The molecule has 0 aliphatic carbocycles. The molecule has 19 heavy (non-hydrogen) atoms. The predicted molar refractivity (Wildman–Crippen MR) is 65.5 cm³/mol. The Labute approximate surface area is 117 Å². The van der Waals surface area contributed by atoms with Crippen LogP contribution in [-0.2, 0) is 0 Å². The lowest BCUT2D eigenvalue weighted by Gasteiger charge is -2.23. The van der Waals surface area contributed by atoms with Crippen LogP contribution in [0.5, 0.6) is 0 Å². The molecule has 0 atom stereocenters. The minimum absolute atomic E-state index is 0.0392. The fourth-order valence-corrected chi connectivity index (χ4v) is 1.91. The minimum Gasteiger partial charge on any atom is -0.395 e. The molecule has 0 aliphatic heterocycles. The van der Waals surface area contributed by atoms with Gasteiger partial charge in [0, 0.05) is 11.6 Å². The third-order valence-corrected chi connectivity index (χ3v) is 2.74. The molecular weight excluding hydrogens is 306 g/mol. The van der Waals surface area contributed by atoms with Gasteiger partial charge in [-0.25, -0.2) is 0 Å². The van der Waals surface area contributed by atoms with Crippen LogP contribution >= 0.6 is 23.2 Å². The van der Waals surface area contributed by atoms with Gasteiger partial charge in [0.25, 0.3) is 5.91 Å². The average Bonchev–Trinajstić information content (AvgIpc) is 2.26. The van der Waals surface area contributed by atoms with Crippen molar-refractivity contribution in [2.45, 2.75) is 6.18 Å². The summed E-state index contributed by atoms with van der Waals surface area (Å²) in [6.45, 7) is -2.46. The Kier molecular flexibility index (Phi) is 5.46. The van der Waals surface area contributed by atoms with E-state index in [0.717, 1.165) is 0 Å². The smallest absolute Gasteiger partial charge is 0.395 e. The lowest BCUT2D eigenvalue weighted by molar-refractivity contribution is -0.141. The molecule has 0 aromatic heterocycles. The molecule has 0 heterocycles. The number of carbonyl (C=O) groups excluding carboxylic acids is 1. The van der Waals surface area contributed by atoms with E-state index in [9.17, 15) is 18.0 Å². The number of carbonyl (C=O) groups is 1. The summed E-state index contributed by atoms with van der Waals surface area (Å²) in [6.07, 6.45) is -4.55. The van der Waals surface area contributed by atoms with Crippen LogP contribution in [0.4, 0.5) is 13.2 Å². The molecule has 1 amide bonds. The largest absolute Gasteiger partial charge is 0.406 e. The number of alkyl halides is 3. The molecule has 0 spiro atoms. The van der Waals surface area contributed by atoms with Crippen LogP contribution in [0.25, 0.3) is 0 Å². The maximum Gasteiger partial charge on any atom is 0.406 e. The Morgan fingerprint density at radius 1 is 1.32 bits per heavy atom. The molecule has 0 unspecified atom stereocenters. The van der Waals surface area contributed by atoms with Crippen molar-refractivity contribution in [1.82, 2.24) is 4.90 Å². The number of rotatable bonds is 4. The first-order chi connectivity index (χ1) is 8.74. The second kappa shape index (κ2) is 6.45. The molecule has 3 nitrogen and oxygen atoms in total. The Morgan fingerprint density at radius 3 is 2.42 bits per heavy atom. The van der Waals surface area contributed by atoms with Gasteiger partial charge >= 0.3 is 6.18 Å². The van der Waals surface area contributed by atoms with Gasteiger partial charge in [-0.2, -0.15) is 13.2 Å². The number of amides is 1. The van der Waals surface area contributed by atoms with Gasteiger partial charge in [0.2, 0.25) is 0 Å². The van der Waals surface area contributed by atoms with Gasteiger partial charge in [-0.15, -0.1) is 0 Å². The molecular formula is C11H10Cl2F3NO2. The van der Waals surface area contributed by atoms with Crippen molar-refractivity contribution < 1.29 is 23.1 Å². The number of benzene rings is 1. The predicted octanol–water partition coefficient (Wildman–Crippen LogP) is 2.99. The first-order valence-corrected chi connectivity index (χ1v) is 5.92. The molecule has 1 aromatic rings. The van der Waals surface area contributed by atoms with Crippen molar-refractivity contribution in [3.63, 3.8) is 0 Å². The van der Waals surface area contributed by atoms with Gasteiger partial charge in [0.1, 0.15) is 6.54 Å². The highest BCUT2D eigenvalue weighted by molar-refractivity contribution is 6.36.